The van der Waals surface area contributed by atoms with E-state index < -0.39 is 25.3 Å². The van der Waals surface area contributed by atoms with Crippen LogP contribution in [-0.2, 0) is 20.0 Å². The third kappa shape index (κ3) is 6.25. The predicted molar refractivity (Wildman–Crippen MR) is 133 cm³/mol. The molecule has 1 aliphatic carbocycles. The molecule has 1 heterocycles. The standard InChI is InChI=1S/C23H28Cl2N2O5S2/c24-22-11-8-19(16-23(22)25)32-18-12-14-27(15-13-18)17-6-9-21(10-7-17)34(30,31)26-33(28,29)20-4-2-1-3-5-20/h1-5,8,11,16-18,21,26H,6-7,9-10,12-15H2/t17-,21-. The fourth-order valence-corrected chi connectivity index (χ4v) is 8.54. The number of sulfonamides is 2. The molecule has 7 nitrogen and oxygen atoms in total. The molecule has 2 aliphatic rings. The Labute approximate surface area is 211 Å². The van der Waals surface area contributed by atoms with Gasteiger partial charge in [-0.05, 0) is 62.8 Å². The van der Waals surface area contributed by atoms with Gasteiger partial charge in [-0.3, -0.25) is 0 Å². The van der Waals surface area contributed by atoms with Crippen molar-refractivity contribution in [2.24, 2.45) is 0 Å². The van der Waals surface area contributed by atoms with E-state index in [-0.39, 0.29) is 11.0 Å². The van der Waals surface area contributed by atoms with Gasteiger partial charge in [0.1, 0.15) is 11.9 Å². The van der Waals surface area contributed by atoms with Crippen LogP contribution < -0.4 is 8.86 Å². The Hall–Kier alpha value is -1.36. The molecule has 186 valence electrons. The lowest BCUT2D eigenvalue weighted by Gasteiger charge is -2.40. The van der Waals surface area contributed by atoms with Gasteiger partial charge in [0.05, 0.1) is 20.2 Å². The number of nitrogens with zero attached hydrogens (tertiary/aromatic N) is 1. The molecule has 1 N–H and O–H groups in total. The van der Waals surface area contributed by atoms with E-state index in [9.17, 15) is 16.8 Å². The lowest BCUT2D eigenvalue weighted by Crippen LogP contribution is -2.47. The molecule has 1 saturated heterocycles. The summed E-state index contributed by atoms with van der Waals surface area (Å²) in [7, 11) is -8.11. The second-order valence-electron chi connectivity index (χ2n) is 8.80. The first-order valence-electron chi connectivity index (χ1n) is 11.3. The van der Waals surface area contributed by atoms with Crippen molar-refractivity contribution in [1.82, 2.24) is 9.03 Å². The van der Waals surface area contributed by atoms with Crippen molar-refractivity contribution in [3.8, 4) is 5.75 Å². The highest BCUT2D eigenvalue weighted by atomic mass is 35.5. The van der Waals surface area contributed by atoms with Gasteiger partial charge in [-0.1, -0.05) is 41.4 Å². The Morgan fingerprint density at radius 3 is 2.09 bits per heavy atom. The van der Waals surface area contributed by atoms with Gasteiger partial charge in [0.25, 0.3) is 10.0 Å². The van der Waals surface area contributed by atoms with Gasteiger partial charge in [-0.15, -0.1) is 4.13 Å². The summed E-state index contributed by atoms with van der Waals surface area (Å²) in [6.45, 7) is 1.74. The van der Waals surface area contributed by atoms with E-state index in [1.807, 2.05) is 10.2 Å². The molecule has 11 heteroatoms. The summed E-state index contributed by atoms with van der Waals surface area (Å²) in [6.07, 6.45) is 4.14. The van der Waals surface area contributed by atoms with Crippen LogP contribution in [0.25, 0.3) is 0 Å². The third-order valence-corrected chi connectivity index (χ3v) is 11.3. The maximum atomic E-state index is 12.8. The first-order valence-corrected chi connectivity index (χ1v) is 15.1. The fraction of sp³-hybridized carbons (Fsp3) is 0.478. The Bertz CT molecular complexity index is 1190. The van der Waals surface area contributed by atoms with Crippen LogP contribution in [0.4, 0.5) is 0 Å². The molecule has 0 spiro atoms. The SMILES string of the molecule is O=S(=O)(NS(=O)(=O)[C@H]1CC[C@H](N2CCC(Oc3ccc(Cl)c(Cl)c3)CC2)CC1)c1ccccc1. The molecule has 0 radical (unpaired) electrons. The highest BCUT2D eigenvalue weighted by molar-refractivity contribution is 8.05. The van der Waals surface area contributed by atoms with Crippen LogP contribution in [0, 0.1) is 0 Å². The van der Waals surface area contributed by atoms with Gasteiger partial charge in [0, 0.05) is 25.2 Å². The third-order valence-electron chi connectivity index (χ3n) is 6.55. The number of hydrogen-bond acceptors (Lipinski definition) is 6. The number of hydrogen-bond donors (Lipinski definition) is 1. The normalized spacial score (nSPS) is 23.0. The van der Waals surface area contributed by atoms with E-state index in [4.69, 9.17) is 27.9 Å². The van der Waals surface area contributed by atoms with Gasteiger partial charge in [0.15, 0.2) is 0 Å². The summed E-state index contributed by atoms with van der Waals surface area (Å²) >= 11 is 12.0. The number of likely N-dealkylation sites (tertiary alicyclic amines) is 1. The largest absolute Gasteiger partial charge is 0.490 e. The summed E-state index contributed by atoms with van der Waals surface area (Å²) in [4.78, 5) is 2.34. The first kappa shape index (κ1) is 25.7. The highest BCUT2D eigenvalue weighted by Crippen LogP contribution is 2.31. The van der Waals surface area contributed by atoms with Gasteiger partial charge in [0.2, 0.25) is 10.0 Å². The molecule has 2 aromatic carbocycles. The van der Waals surface area contributed by atoms with Crippen LogP contribution in [0.2, 0.25) is 10.0 Å². The summed E-state index contributed by atoms with van der Waals surface area (Å²) in [5, 5.41) is 0.251. The van der Waals surface area contributed by atoms with Crippen LogP contribution in [0.15, 0.2) is 53.4 Å². The van der Waals surface area contributed by atoms with E-state index in [0.29, 0.717) is 34.7 Å². The van der Waals surface area contributed by atoms with E-state index in [2.05, 4.69) is 4.90 Å². The van der Waals surface area contributed by atoms with Crippen LogP contribution in [-0.4, -0.2) is 52.2 Å². The quantitative estimate of drug-likeness (QED) is 0.551. The predicted octanol–water partition coefficient (Wildman–Crippen LogP) is 4.46. The molecule has 0 aromatic heterocycles. The monoisotopic (exact) mass is 546 g/mol. The maximum absolute atomic E-state index is 12.8. The zero-order valence-corrected chi connectivity index (χ0v) is 21.7. The van der Waals surface area contributed by atoms with E-state index >= 15 is 0 Å². The van der Waals surface area contributed by atoms with Crippen molar-refractivity contribution < 1.29 is 21.6 Å². The second kappa shape index (κ2) is 10.7. The zero-order valence-electron chi connectivity index (χ0n) is 18.6. The highest BCUT2D eigenvalue weighted by Gasteiger charge is 2.36. The van der Waals surface area contributed by atoms with Crippen LogP contribution in [0.5, 0.6) is 5.75 Å². The zero-order chi connectivity index (χ0) is 24.3. The number of nitrogens with one attached hydrogen (secondary N) is 1. The molecule has 0 bridgehead atoms. The molecule has 4 rings (SSSR count). The Balaban J connectivity index is 1.26. The van der Waals surface area contributed by atoms with Crippen molar-refractivity contribution in [3.05, 3.63) is 58.6 Å². The second-order valence-corrected chi connectivity index (χ2v) is 13.5. The molecule has 0 atom stereocenters. The number of benzene rings is 2. The maximum Gasteiger partial charge on any atom is 0.253 e. The van der Waals surface area contributed by atoms with Crippen molar-refractivity contribution >= 4 is 43.2 Å². The van der Waals surface area contributed by atoms with Crippen molar-refractivity contribution in [2.75, 3.05) is 13.1 Å². The number of piperidine rings is 1. The summed E-state index contributed by atoms with van der Waals surface area (Å²) in [5.41, 5.74) is 0. The number of halogens is 2. The topological polar surface area (TPSA) is 92.8 Å². The summed E-state index contributed by atoms with van der Waals surface area (Å²) < 4.78 is 58.5. The van der Waals surface area contributed by atoms with Gasteiger partial charge < -0.3 is 9.64 Å². The van der Waals surface area contributed by atoms with Crippen molar-refractivity contribution in [3.63, 3.8) is 0 Å². The van der Waals surface area contributed by atoms with E-state index in [0.717, 1.165) is 38.8 Å². The van der Waals surface area contributed by atoms with Gasteiger partial charge >= 0.3 is 0 Å². The Kier molecular flexibility index (Phi) is 8.11. The molecule has 0 unspecified atom stereocenters. The molecule has 1 aliphatic heterocycles. The lowest BCUT2D eigenvalue weighted by atomic mass is 9.92. The minimum absolute atomic E-state index is 0.0572. The summed E-state index contributed by atoms with van der Waals surface area (Å²) in [6, 6.07) is 13.1. The average Bonchev–Trinajstić information content (AvgIpc) is 2.82. The lowest BCUT2D eigenvalue weighted by molar-refractivity contribution is 0.0634. The first-order chi connectivity index (χ1) is 16.1. The molecule has 34 heavy (non-hydrogen) atoms. The summed E-state index contributed by atoms with van der Waals surface area (Å²) in [5.74, 6) is 0.705. The molecular formula is C23H28Cl2N2O5S2. The molecule has 0 amide bonds. The molecular weight excluding hydrogens is 519 g/mol. The van der Waals surface area contributed by atoms with Crippen LogP contribution in [0.1, 0.15) is 38.5 Å². The Morgan fingerprint density at radius 1 is 0.824 bits per heavy atom. The number of ether oxygens (including phenoxy) is 1. The van der Waals surface area contributed by atoms with E-state index in [1.165, 1.54) is 12.1 Å². The number of rotatable bonds is 7. The molecule has 2 fully saturated rings. The van der Waals surface area contributed by atoms with Gasteiger partial charge in [-0.25, -0.2) is 16.8 Å². The van der Waals surface area contributed by atoms with Gasteiger partial charge in [-0.2, -0.15) is 0 Å². The molecule has 1 saturated carbocycles. The Morgan fingerprint density at radius 2 is 1.47 bits per heavy atom. The van der Waals surface area contributed by atoms with Crippen LogP contribution >= 0.6 is 23.2 Å². The van der Waals surface area contributed by atoms with Crippen LogP contribution in [0.3, 0.4) is 0 Å². The minimum atomic E-state index is -4.12. The van der Waals surface area contributed by atoms with Crippen molar-refractivity contribution in [2.45, 2.75) is 60.8 Å². The van der Waals surface area contributed by atoms with E-state index in [1.54, 1.807) is 30.3 Å². The molecule has 2 aromatic rings. The average molecular weight is 548 g/mol. The smallest absolute Gasteiger partial charge is 0.253 e. The van der Waals surface area contributed by atoms with Crippen molar-refractivity contribution in [1.29, 1.82) is 0 Å². The fourth-order valence-electron chi connectivity index (χ4n) is 4.69. The minimum Gasteiger partial charge on any atom is -0.490 e.